The number of hydrogen-bond donors (Lipinski definition) is 0. The third-order valence-corrected chi connectivity index (χ3v) is 3.66. The van der Waals surface area contributed by atoms with E-state index in [9.17, 15) is 0 Å². The van der Waals surface area contributed by atoms with Gasteiger partial charge in [0.25, 0.3) is 0 Å². The van der Waals surface area contributed by atoms with Crippen molar-refractivity contribution in [2.75, 3.05) is 26.7 Å². The molecule has 1 aliphatic heterocycles. The number of hydrogen-bond acceptors (Lipinski definition) is 2. The summed E-state index contributed by atoms with van der Waals surface area (Å²) in [6, 6.07) is 0.653. The molecule has 2 heteroatoms. The summed E-state index contributed by atoms with van der Waals surface area (Å²) < 4.78 is 0. The minimum atomic E-state index is 0.281. The van der Waals surface area contributed by atoms with E-state index in [0.717, 1.165) is 0 Å². The molecule has 0 amide bonds. The molecule has 16 heavy (non-hydrogen) atoms. The standard InChI is InChI=1S/C14H30N2/c1-13(2,3)12-11-15(7)9-8-10-16(12)14(4,5)6/h12H,8-11H2,1-7H3/t12-/m1/s1. The fraction of sp³-hybridized carbons (Fsp3) is 1.00. The first kappa shape index (κ1) is 14.0. The molecule has 96 valence electrons. The van der Waals surface area contributed by atoms with Gasteiger partial charge in [0.1, 0.15) is 0 Å². The molecule has 0 spiro atoms. The van der Waals surface area contributed by atoms with Crippen LogP contribution in [-0.4, -0.2) is 48.1 Å². The number of nitrogens with zero attached hydrogens (tertiary/aromatic N) is 2. The van der Waals surface area contributed by atoms with Gasteiger partial charge in [0, 0.05) is 24.7 Å². The topological polar surface area (TPSA) is 6.48 Å². The van der Waals surface area contributed by atoms with E-state index >= 15 is 0 Å². The Morgan fingerprint density at radius 2 is 1.50 bits per heavy atom. The maximum atomic E-state index is 2.70. The van der Waals surface area contributed by atoms with Crippen LogP contribution in [0.15, 0.2) is 0 Å². The van der Waals surface area contributed by atoms with E-state index in [1.54, 1.807) is 0 Å². The van der Waals surface area contributed by atoms with E-state index in [1.165, 1.54) is 26.1 Å². The van der Waals surface area contributed by atoms with Crippen LogP contribution in [0, 0.1) is 5.41 Å². The van der Waals surface area contributed by atoms with Gasteiger partial charge in [0.15, 0.2) is 0 Å². The Balaban J connectivity index is 2.93. The van der Waals surface area contributed by atoms with E-state index in [0.29, 0.717) is 11.5 Å². The molecule has 1 atom stereocenters. The van der Waals surface area contributed by atoms with Gasteiger partial charge in [-0.25, -0.2) is 0 Å². The Labute approximate surface area is 102 Å². The Hall–Kier alpha value is -0.0800. The molecule has 0 aromatic heterocycles. The molecule has 0 aliphatic carbocycles. The molecule has 2 nitrogen and oxygen atoms in total. The van der Waals surface area contributed by atoms with Crippen molar-refractivity contribution in [3.8, 4) is 0 Å². The summed E-state index contributed by atoms with van der Waals surface area (Å²) in [5.74, 6) is 0. The number of likely N-dealkylation sites (N-methyl/N-ethyl adjacent to an activating group) is 1. The Morgan fingerprint density at radius 1 is 0.938 bits per heavy atom. The fourth-order valence-electron chi connectivity index (χ4n) is 2.70. The molecular weight excluding hydrogens is 196 g/mol. The summed E-state index contributed by atoms with van der Waals surface area (Å²) in [4.78, 5) is 5.19. The van der Waals surface area contributed by atoms with Gasteiger partial charge in [-0.1, -0.05) is 20.8 Å². The van der Waals surface area contributed by atoms with E-state index < -0.39 is 0 Å². The van der Waals surface area contributed by atoms with Crippen molar-refractivity contribution in [3.05, 3.63) is 0 Å². The van der Waals surface area contributed by atoms with Crippen molar-refractivity contribution in [1.82, 2.24) is 9.80 Å². The highest BCUT2D eigenvalue weighted by Crippen LogP contribution is 2.31. The summed E-state index contributed by atoms with van der Waals surface area (Å²) in [5.41, 5.74) is 0.634. The normalized spacial score (nSPS) is 26.8. The van der Waals surface area contributed by atoms with Crippen molar-refractivity contribution < 1.29 is 0 Å². The third kappa shape index (κ3) is 3.46. The molecule has 1 rings (SSSR count). The van der Waals surface area contributed by atoms with Gasteiger partial charge in [0.2, 0.25) is 0 Å². The lowest BCUT2D eigenvalue weighted by Gasteiger charge is -2.47. The van der Waals surface area contributed by atoms with E-state index in [2.05, 4.69) is 58.4 Å². The molecule has 1 fully saturated rings. The zero-order valence-corrected chi connectivity index (χ0v) is 12.3. The van der Waals surface area contributed by atoms with E-state index in [1.807, 2.05) is 0 Å². The van der Waals surface area contributed by atoms with Crippen LogP contribution in [0.5, 0.6) is 0 Å². The van der Waals surface area contributed by atoms with Gasteiger partial charge in [-0.15, -0.1) is 0 Å². The molecule has 0 N–H and O–H groups in total. The average molecular weight is 226 g/mol. The van der Waals surface area contributed by atoms with Crippen molar-refractivity contribution in [2.45, 2.75) is 59.5 Å². The van der Waals surface area contributed by atoms with Crippen LogP contribution in [-0.2, 0) is 0 Å². The maximum Gasteiger partial charge on any atom is 0.0276 e. The molecule has 1 aliphatic rings. The molecule has 0 aromatic carbocycles. The van der Waals surface area contributed by atoms with Crippen molar-refractivity contribution >= 4 is 0 Å². The first-order valence-electron chi connectivity index (χ1n) is 6.57. The summed E-state index contributed by atoms with van der Waals surface area (Å²) in [7, 11) is 2.25. The van der Waals surface area contributed by atoms with Crippen molar-refractivity contribution in [1.29, 1.82) is 0 Å². The molecule has 0 unspecified atom stereocenters. The molecule has 0 radical (unpaired) electrons. The smallest absolute Gasteiger partial charge is 0.0276 e. The van der Waals surface area contributed by atoms with Gasteiger partial charge >= 0.3 is 0 Å². The summed E-state index contributed by atoms with van der Waals surface area (Å²) >= 11 is 0. The van der Waals surface area contributed by atoms with Crippen LogP contribution in [0.1, 0.15) is 48.0 Å². The lowest BCUT2D eigenvalue weighted by atomic mass is 9.83. The Bertz CT molecular complexity index is 222. The van der Waals surface area contributed by atoms with Gasteiger partial charge < -0.3 is 4.90 Å². The molecule has 0 bridgehead atoms. The summed E-state index contributed by atoms with van der Waals surface area (Å²) in [6.45, 7) is 17.8. The van der Waals surface area contributed by atoms with Gasteiger partial charge in [0.05, 0.1) is 0 Å². The van der Waals surface area contributed by atoms with Crippen LogP contribution in [0.4, 0.5) is 0 Å². The highest BCUT2D eigenvalue weighted by molar-refractivity contribution is 4.93. The lowest BCUT2D eigenvalue weighted by molar-refractivity contribution is 0.0221. The summed E-state index contributed by atoms with van der Waals surface area (Å²) in [5, 5.41) is 0. The Morgan fingerprint density at radius 3 is 1.94 bits per heavy atom. The predicted molar refractivity (Wildman–Crippen MR) is 71.8 cm³/mol. The fourth-order valence-corrected chi connectivity index (χ4v) is 2.70. The van der Waals surface area contributed by atoms with E-state index in [-0.39, 0.29) is 5.54 Å². The summed E-state index contributed by atoms with van der Waals surface area (Å²) in [6.07, 6.45) is 1.29. The maximum absolute atomic E-state index is 2.70. The van der Waals surface area contributed by atoms with Gasteiger partial charge in [-0.2, -0.15) is 0 Å². The largest absolute Gasteiger partial charge is 0.305 e. The molecule has 1 saturated heterocycles. The minimum Gasteiger partial charge on any atom is -0.305 e. The zero-order chi connectivity index (χ0) is 12.6. The van der Waals surface area contributed by atoms with Crippen LogP contribution >= 0.6 is 0 Å². The average Bonchev–Trinajstić information content (AvgIpc) is 2.23. The third-order valence-electron chi connectivity index (χ3n) is 3.66. The van der Waals surface area contributed by atoms with Crippen molar-refractivity contribution in [3.63, 3.8) is 0 Å². The molecule has 0 saturated carbocycles. The highest BCUT2D eigenvalue weighted by Gasteiger charge is 2.37. The second-order valence-corrected chi connectivity index (χ2v) is 7.36. The second kappa shape index (κ2) is 4.66. The molecule has 0 aromatic rings. The highest BCUT2D eigenvalue weighted by atomic mass is 15.3. The van der Waals surface area contributed by atoms with Gasteiger partial charge in [-0.3, -0.25) is 4.90 Å². The minimum absolute atomic E-state index is 0.281. The van der Waals surface area contributed by atoms with Crippen LogP contribution in [0.3, 0.4) is 0 Å². The predicted octanol–water partition coefficient (Wildman–Crippen LogP) is 2.84. The SMILES string of the molecule is CN1CCCN(C(C)(C)C)[C@@H](C(C)(C)C)C1. The Kier molecular flexibility index (Phi) is 4.07. The van der Waals surface area contributed by atoms with Gasteiger partial charge in [-0.05, 0) is 46.2 Å². The first-order valence-corrected chi connectivity index (χ1v) is 6.57. The second-order valence-electron chi connectivity index (χ2n) is 7.36. The molecule has 1 heterocycles. The number of rotatable bonds is 0. The van der Waals surface area contributed by atoms with E-state index in [4.69, 9.17) is 0 Å². The van der Waals surface area contributed by atoms with Crippen LogP contribution in [0.2, 0.25) is 0 Å². The van der Waals surface area contributed by atoms with Crippen molar-refractivity contribution in [2.24, 2.45) is 5.41 Å². The molecular formula is C14H30N2. The van der Waals surface area contributed by atoms with Crippen LogP contribution < -0.4 is 0 Å². The zero-order valence-electron chi connectivity index (χ0n) is 12.3. The first-order chi connectivity index (χ1) is 7.12. The van der Waals surface area contributed by atoms with Crippen LogP contribution in [0.25, 0.3) is 0 Å². The monoisotopic (exact) mass is 226 g/mol. The quantitative estimate of drug-likeness (QED) is 0.627. The lowest BCUT2D eigenvalue weighted by Crippen LogP contribution is -2.55.